The highest BCUT2D eigenvalue weighted by Gasteiger charge is 2.21. The third kappa shape index (κ3) is 2.27. The molecule has 2 aliphatic carbocycles. The lowest BCUT2D eigenvalue weighted by Crippen LogP contribution is -2.11. The molecule has 1 heteroatoms. The van der Waals surface area contributed by atoms with Gasteiger partial charge in [0.2, 0.25) is 0 Å². The van der Waals surface area contributed by atoms with Crippen molar-refractivity contribution in [2.24, 2.45) is 5.92 Å². The molecule has 0 spiro atoms. The van der Waals surface area contributed by atoms with Crippen molar-refractivity contribution in [3.05, 3.63) is 41.5 Å². The van der Waals surface area contributed by atoms with Gasteiger partial charge in [-0.2, -0.15) is 0 Å². The van der Waals surface area contributed by atoms with Crippen molar-refractivity contribution in [2.45, 2.75) is 44.9 Å². The molecule has 0 unspecified atom stereocenters. The normalized spacial score (nSPS) is 23.1. The standard InChI is InChI=1S/C17H20O/c18-17-11-10-14(12-13-6-2-1-3-7-13)15-8-4-5-9-16(15)17/h4-5,8-9,12-13H,1-3,6-7,10-11H2/b14-12-. The molecule has 2 aliphatic rings. The fourth-order valence-electron chi connectivity index (χ4n) is 3.28. The maximum atomic E-state index is 11.9. The van der Waals surface area contributed by atoms with E-state index in [1.54, 1.807) is 0 Å². The second kappa shape index (κ2) is 5.09. The minimum Gasteiger partial charge on any atom is -0.294 e. The number of hydrogen-bond donors (Lipinski definition) is 0. The highest BCUT2D eigenvalue weighted by Crippen LogP contribution is 2.34. The van der Waals surface area contributed by atoms with E-state index in [1.807, 2.05) is 18.2 Å². The van der Waals surface area contributed by atoms with Gasteiger partial charge in [-0.3, -0.25) is 4.79 Å². The number of rotatable bonds is 1. The molecule has 0 atom stereocenters. The smallest absolute Gasteiger partial charge is 0.163 e. The molecule has 0 aromatic heterocycles. The highest BCUT2D eigenvalue weighted by molar-refractivity contribution is 6.04. The van der Waals surface area contributed by atoms with Crippen LogP contribution in [-0.4, -0.2) is 5.78 Å². The molecule has 1 aromatic rings. The number of Topliss-reactive ketones (excluding diaryl/α,β-unsaturated/α-hetero) is 1. The SMILES string of the molecule is O=C1CC/C(=C/C2CCCCC2)c2ccccc21. The monoisotopic (exact) mass is 240 g/mol. The third-order valence-corrected chi connectivity index (χ3v) is 4.28. The summed E-state index contributed by atoms with van der Waals surface area (Å²) in [4.78, 5) is 11.9. The topological polar surface area (TPSA) is 17.1 Å². The minimum absolute atomic E-state index is 0.311. The Morgan fingerprint density at radius 2 is 1.67 bits per heavy atom. The summed E-state index contributed by atoms with van der Waals surface area (Å²) in [5.74, 6) is 1.06. The molecule has 0 saturated heterocycles. The largest absolute Gasteiger partial charge is 0.294 e. The second-order valence-electron chi connectivity index (χ2n) is 5.56. The zero-order valence-electron chi connectivity index (χ0n) is 10.8. The minimum atomic E-state index is 0.311. The first-order chi connectivity index (χ1) is 8.84. The van der Waals surface area contributed by atoms with Crippen molar-refractivity contribution in [1.82, 2.24) is 0 Å². The van der Waals surface area contributed by atoms with Gasteiger partial charge in [0.25, 0.3) is 0 Å². The van der Waals surface area contributed by atoms with E-state index in [2.05, 4.69) is 12.1 Å². The third-order valence-electron chi connectivity index (χ3n) is 4.28. The van der Waals surface area contributed by atoms with Gasteiger partial charge < -0.3 is 0 Å². The Bertz CT molecular complexity index is 478. The summed E-state index contributed by atoms with van der Waals surface area (Å²) in [6.07, 6.45) is 10.9. The molecular weight excluding hydrogens is 220 g/mol. The first-order valence-corrected chi connectivity index (χ1v) is 7.18. The number of carbonyl (C=O) groups is 1. The predicted octanol–water partition coefficient (Wildman–Crippen LogP) is 4.63. The second-order valence-corrected chi connectivity index (χ2v) is 5.56. The first-order valence-electron chi connectivity index (χ1n) is 7.18. The molecule has 0 radical (unpaired) electrons. The molecule has 1 nitrogen and oxygen atoms in total. The lowest BCUT2D eigenvalue weighted by molar-refractivity contribution is 0.0980. The average molecular weight is 240 g/mol. The molecular formula is C17H20O. The van der Waals surface area contributed by atoms with E-state index in [4.69, 9.17) is 0 Å². The summed E-state index contributed by atoms with van der Waals surface area (Å²) in [6.45, 7) is 0. The van der Waals surface area contributed by atoms with E-state index in [0.29, 0.717) is 12.2 Å². The van der Waals surface area contributed by atoms with Crippen LogP contribution in [-0.2, 0) is 0 Å². The van der Waals surface area contributed by atoms with Crippen LogP contribution in [0.1, 0.15) is 60.9 Å². The van der Waals surface area contributed by atoms with E-state index < -0.39 is 0 Å². The van der Waals surface area contributed by atoms with E-state index in [9.17, 15) is 4.79 Å². The Kier molecular flexibility index (Phi) is 3.31. The Morgan fingerprint density at radius 3 is 2.44 bits per heavy atom. The molecule has 0 N–H and O–H groups in total. The van der Waals surface area contributed by atoms with Crippen LogP contribution < -0.4 is 0 Å². The number of ketones is 1. The van der Waals surface area contributed by atoms with Gasteiger partial charge >= 0.3 is 0 Å². The number of allylic oxidation sites excluding steroid dienone is 2. The quantitative estimate of drug-likeness (QED) is 0.699. The molecule has 0 amide bonds. The number of carbonyl (C=O) groups excluding carboxylic acids is 1. The van der Waals surface area contributed by atoms with Gasteiger partial charge in [0.05, 0.1) is 0 Å². The van der Waals surface area contributed by atoms with Gasteiger partial charge in [0.15, 0.2) is 5.78 Å². The van der Waals surface area contributed by atoms with Crippen molar-refractivity contribution < 1.29 is 4.79 Å². The van der Waals surface area contributed by atoms with Crippen LogP contribution in [0.4, 0.5) is 0 Å². The fraction of sp³-hybridized carbons (Fsp3) is 0.471. The molecule has 0 heterocycles. The molecule has 1 fully saturated rings. The Hall–Kier alpha value is -1.37. The van der Waals surface area contributed by atoms with Crippen molar-refractivity contribution >= 4 is 11.4 Å². The Morgan fingerprint density at radius 1 is 0.944 bits per heavy atom. The van der Waals surface area contributed by atoms with Crippen LogP contribution >= 0.6 is 0 Å². The average Bonchev–Trinajstić information content (AvgIpc) is 2.44. The summed E-state index contributed by atoms with van der Waals surface area (Å²) in [7, 11) is 0. The van der Waals surface area contributed by atoms with Crippen molar-refractivity contribution in [3.63, 3.8) is 0 Å². The van der Waals surface area contributed by atoms with Crippen LogP contribution in [0.2, 0.25) is 0 Å². The predicted molar refractivity (Wildman–Crippen MR) is 74.6 cm³/mol. The van der Waals surface area contributed by atoms with E-state index >= 15 is 0 Å². The highest BCUT2D eigenvalue weighted by atomic mass is 16.1. The van der Waals surface area contributed by atoms with Crippen LogP contribution in [0.5, 0.6) is 0 Å². The summed E-state index contributed by atoms with van der Waals surface area (Å²) in [6, 6.07) is 8.11. The molecule has 0 bridgehead atoms. The van der Waals surface area contributed by atoms with Crippen LogP contribution in [0.25, 0.3) is 5.57 Å². The summed E-state index contributed by atoms with van der Waals surface area (Å²) >= 11 is 0. The van der Waals surface area contributed by atoms with Crippen molar-refractivity contribution in [1.29, 1.82) is 0 Å². The molecule has 3 rings (SSSR count). The van der Waals surface area contributed by atoms with E-state index in [1.165, 1.54) is 43.2 Å². The number of hydrogen-bond acceptors (Lipinski definition) is 1. The van der Waals surface area contributed by atoms with Crippen LogP contribution in [0, 0.1) is 5.92 Å². The van der Waals surface area contributed by atoms with Gasteiger partial charge in [-0.05, 0) is 36.3 Å². The molecule has 18 heavy (non-hydrogen) atoms. The summed E-state index contributed by atoms with van der Waals surface area (Å²) in [5.41, 5.74) is 3.54. The molecule has 1 aromatic carbocycles. The summed E-state index contributed by atoms with van der Waals surface area (Å²) < 4.78 is 0. The Labute approximate surface area is 109 Å². The number of fused-ring (bicyclic) bond motifs is 1. The lowest BCUT2D eigenvalue weighted by Gasteiger charge is -2.23. The van der Waals surface area contributed by atoms with E-state index in [0.717, 1.165) is 17.9 Å². The van der Waals surface area contributed by atoms with Gasteiger partial charge in [-0.1, -0.05) is 49.6 Å². The van der Waals surface area contributed by atoms with Crippen molar-refractivity contribution in [2.75, 3.05) is 0 Å². The number of benzene rings is 1. The van der Waals surface area contributed by atoms with Gasteiger partial charge in [-0.15, -0.1) is 0 Å². The first kappa shape index (κ1) is 11.7. The van der Waals surface area contributed by atoms with Crippen LogP contribution in [0.3, 0.4) is 0 Å². The maximum Gasteiger partial charge on any atom is 0.163 e. The maximum absolute atomic E-state index is 11.9. The lowest BCUT2D eigenvalue weighted by atomic mass is 9.82. The van der Waals surface area contributed by atoms with Crippen molar-refractivity contribution in [3.8, 4) is 0 Å². The van der Waals surface area contributed by atoms with E-state index in [-0.39, 0.29) is 0 Å². The van der Waals surface area contributed by atoms with Gasteiger partial charge in [0, 0.05) is 12.0 Å². The zero-order valence-corrected chi connectivity index (χ0v) is 10.8. The molecule has 1 saturated carbocycles. The van der Waals surface area contributed by atoms with Gasteiger partial charge in [-0.25, -0.2) is 0 Å². The zero-order chi connectivity index (χ0) is 12.4. The van der Waals surface area contributed by atoms with Gasteiger partial charge in [0.1, 0.15) is 0 Å². The molecule has 0 aliphatic heterocycles. The fourth-order valence-corrected chi connectivity index (χ4v) is 3.28. The van der Waals surface area contributed by atoms with Crippen LogP contribution in [0.15, 0.2) is 30.3 Å². The Balaban J connectivity index is 1.91. The molecule has 94 valence electrons. The summed E-state index contributed by atoms with van der Waals surface area (Å²) in [5, 5.41) is 0.